The molecule has 0 amide bonds. The Hall–Kier alpha value is -0.990. The summed E-state index contributed by atoms with van der Waals surface area (Å²) in [5.41, 5.74) is 0. The fourth-order valence-electron chi connectivity index (χ4n) is 2.15. The fraction of sp³-hybridized carbons (Fsp3) is 0.667. The highest BCUT2D eigenvalue weighted by Gasteiger charge is 2.55. The van der Waals surface area contributed by atoms with Crippen LogP contribution >= 0.6 is 0 Å². The van der Waals surface area contributed by atoms with Crippen molar-refractivity contribution in [3.63, 3.8) is 0 Å². The van der Waals surface area contributed by atoms with Gasteiger partial charge in [0, 0.05) is 11.8 Å². The van der Waals surface area contributed by atoms with Crippen molar-refractivity contribution in [3.8, 4) is 0 Å². The van der Waals surface area contributed by atoms with Gasteiger partial charge in [0.05, 0.1) is 0 Å². The van der Waals surface area contributed by atoms with Crippen LogP contribution in [0.15, 0.2) is 0 Å². The van der Waals surface area contributed by atoms with Gasteiger partial charge in [-0.25, -0.2) is 0 Å². The summed E-state index contributed by atoms with van der Waals surface area (Å²) in [5.74, 6) is -1.63. The van der Waals surface area contributed by atoms with Crippen molar-refractivity contribution in [2.75, 3.05) is 0 Å². The van der Waals surface area contributed by atoms with E-state index in [-0.39, 0.29) is 29.2 Å². The summed E-state index contributed by atoms with van der Waals surface area (Å²) in [6.07, 6.45) is 1.61. The van der Waals surface area contributed by atoms with E-state index in [9.17, 15) is 14.4 Å². The molecule has 0 radical (unpaired) electrons. The SMILES string of the molecule is CC(=O)C1C(=O)C2CCC2C1=O. The van der Waals surface area contributed by atoms with Gasteiger partial charge in [-0.3, -0.25) is 14.4 Å². The molecule has 2 unspecified atom stereocenters. The van der Waals surface area contributed by atoms with Gasteiger partial charge in [-0.05, 0) is 19.8 Å². The predicted octanol–water partition coefficient (Wildman–Crippen LogP) is 0.370. The first-order valence-electron chi connectivity index (χ1n) is 4.21. The van der Waals surface area contributed by atoms with E-state index in [1.807, 2.05) is 0 Å². The minimum atomic E-state index is -0.900. The molecule has 3 heteroatoms. The lowest BCUT2D eigenvalue weighted by atomic mass is 9.76. The minimum absolute atomic E-state index is 0.105. The van der Waals surface area contributed by atoms with Crippen LogP contribution in [0.4, 0.5) is 0 Å². The van der Waals surface area contributed by atoms with Crippen LogP contribution in [0.2, 0.25) is 0 Å². The Morgan fingerprint density at radius 1 is 1.17 bits per heavy atom. The first-order valence-corrected chi connectivity index (χ1v) is 4.21. The number of hydrogen-bond acceptors (Lipinski definition) is 3. The second-order valence-corrected chi connectivity index (χ2v) is 3.64. The molecule has 0 aromatic rings. The Kier molecular flexibility index (Phi) is 1.43. The highest BCUT2D eigenvalue weighted by molar-refractivity contribution is 6.25. The van der Waals surface area contributed by atoms with E-state index in [1.165, 1.54) is 6.92 Å². The van der Waals surface area contributed by atoms with Gasteiger partial charge < -0.3 is 0 Å². The van der Waals surface area contributed by atoms with Gasteiger partial charge in [-0.2, -0.15) is 0 Å². The Balaban J connectivity index is 2.31. The van der Waals surface area contributed by atoms with Crippen molar-refractivity contribution in [3.05, 3.63) is 0 Å². The van der Waals surface area contributed by atoms with E-state index < -0.39 is 5.92 Å². The number of ketones is 3. The third-order valence-corrected chi connectivity index (χ3v) is 2.98. The van der Waals surface area contributed by atoms with Gasteiger partial charge in [-0.1, -0.05) is 0 Å². The van der Waals surface area contributed by atoms with Crippen molar-refractivity contribution in [2.45, 2.75) is 19.8 Å². The number of hydrogen-bond donors (Lipinski definition) is 0. The van der Waals surface area contributed by atoms with Crippen molar-refractivity contribution < 1.29 is 14.4 Å². The van der Waals surface area contributed by atoms with Crippen LogP contribution in [0, 0.1) is 17.8 Å². The van der Waals surface area contributed by atoms with E-state index in [2.05, 4.69) is 0 Å². The van der Waals surface area contributed by atoms with Gasteiger partial charge in [-0.15, -0.1) is 0 Å². The molecule has 0 saturated heterocycles. The zero-order chi connectivity index (χ0) is 8.88. The van der Waals surface area contributed by atoms with E-state index >= 15 is 0 Å². The first kappa shape index (κ1) is 7.65. The van der Waals surface area contributed by atoms with Crippen LogP contribution < -0.4 is 0 Å². The second kappa shape index (κ2) is 2.25. The summed E-state index contributed by atoms with van der Waals surface area (Å²) in [5, 5.41) is 0. The largest absolute Gasteiger partial charge is 0.299 e. The van der Waals surface area contributed by atoms with E-state index in [0.717, 1.165) is 12.8 Å². The van der Waals surface area contributed by atoms with Crippen LogP contribution in [0.25, 0.3) is 0 Å². The molecule has 2 aliphatic rings. The average Bonchev–Trinajstić information content (AvgIpc) is 1.96. The Morgan fingerprint density at radius 3 is 1.83 bits per heavy atom. The molecular formula is C9H10O3. The molecule has 2 atom stereocenters. The molecule has 0 bridgehead atoms. The maximum atomic E-state index is 11.4. The molecular weight excluding hydrogens is 156 g/mol. The number of fused-ring (bicyclic) bond motifs is 1. The number of rotatable bonds is 1. The van der Waals surface area contributed by atoms with Gasteiger partial charge in [0.1, 0.15) is 11.7 Å². The molecule has 0 N–H and O–H groups in total. The lowest BCUT2D eigenvalue weighted by Gasteiger charge is -2.26. The summed E-state index contributed by atoms with van der Waals surface area (Å²) in [7, 11) is 0. The summed E-state index contributed by atoms with van der Waals surface area (Å²) in [6, 6.07) is 0. The average molecular weight is 166 g/mol. The topological polar surface area (TPSA) is 51.2 Å². The molecule has 0 heterocycles. The van der Waals surface area contributed by atoms with E-state index in [0.29, 0.717) is 0 Å². The number of carbonyl (C=O) groups is 3. The van der Waals surface area contributed by atoms with Gasteiger partial charge >= 0.3 is 0 Å². The van der Waals surface area contributed by atoms with Crippen LogP contribution in [0.5, 0.6) is 0 Å². The van der Waals surface area contributed by atoms with Gasteiger partial charge in [0.15, 0.2) is 11.6 Å². The Labute approximate surface area is 70.1 Å². The summed E-state index contributed by atoms with van der Waals surface area (Å²) in [6.45, 7) is 1.32. The molecule has 0 spiro atoms. The molecule has 64 valence electrons. The number of Topliss-reactive ketones (excluding diaryl/α,β-unsaturated/α-hetero) is 3. The molecule has 2 rings (SSSR count). The predicted molar refractivity (Wildman–Crippen MR) is 40.4 cm³/mol. The number of carbonyl (C=O) groups excluding carboxylic acids is 3. The molecule has 12 heavy (non-hydrogen) atoms. The van der Waals surface area contributed by atoms with Crippen molar-refractivity contribution in [1.29, 1.82) is 0 Å². The van der Waals surface area contributed by atoms with Crippen LogP contribution in [-0.4, -0.2) is 17.3 Å². The van der Waals surface area contributed by atoms with E-state index in [4.69, 9.17) is 0 Å². The van der Waals surface area contributed by atoms with Gasteiger partial charge in [0.25, 0.3) is 0 Å². The summed E-state index contributed by atoms with van der Waals surface area (Å²) < 4.78 is 0. The molecule has 3 nitrogen and oxygen atoms in total. The summed E-state index contributed by atoms with van der Waals surface area (Å²) >= 11 is 0. The molecule has 0 aromatic carbocycles. The third-order valence-electron chi connectivity index (χ3n) is 2.98. The maximum Gasteiger partial charge on any atom is 0.154 e. The maximum absolute atomic E-state index is 11.4. The monoisotopic (exact) mass is 166 g/mol. The molecule has 2 aliphatic carbocycles. The molecule has 0 aromatic heterocycles. The van der Waals surface area contributed by atoms with Crippen LogP contribution in [-0.2, 0) is 14.4 Å². The minimum Gasteiger partial charge on any atom is -0.299 e. The van der Waals surface area contributed by atoms with Crippen LogP contribution in [0.3, 0.4) is 0 Å². The zero-order valence-corrected chi connectivity index (χ0v) is 6.87. The van der Waals surface area contributed by atoms with Crippen molar-refractivity contribution >= 4 is 17.3 Å². The highest BCUT2D eigenvalue weighted by Crippen LogP contribution is 2.44. The quantitative estimate of drug-likeness (QED) is 0.529. The summed E-state index contributed by atoms with van der Waals surface area (Å²) in [4.78, 5) is 33.7. The molecule has 0 aliphatic heterocycles. The third kappa shape index (κ3) is 0.737. The van der Waals surface area contributed by atoms with Crippen molar-refractivity contribution in [2.24, 2.45) is 17.8 Å². The Bertz CT molecular complexity index is 257. The van der Waals surface area contributed by atoms with E-state index in [1.54, 1.807) is 0 Å². The van der Waals surface area contributed by atoms with Crippen LogP contribution in [0.1, 0.15) is 19.8 Å². The standard InChI is InChI=1S/C9H10O3/c1-4(10)7-8(11)5-2-3-6(5)9(7)12/h5-7H,2-3H2,1H3. The fourth-order valence-corrected chi connectivity index (χ4v) is 2.15. The lowest BCUT2D eigenvalue weighted by Crippen LogP contribution is -2.27. The highest BCUT2D eigenvalue weighted by atomic mass is 16.2. The Morgan fingerprint density at radius 2 is 1.58 bits per heavy atom. The smallest absolute Gasteiger partial charge is 0.154 e. The normalized spacial score (nSPS) is 39.2. The second-order valence-electron chi connectivity index (χ2n) is 3.64. The molecule has 2 saturated carbocycles. The van der Waals surface area contributed by atoms with Gasteiger partial charge in [0.2, 0.25) is 0 Å². The van der Waals surface area contributed by atoms with Crippen molar-refractivity contribution in [1.82, 2.24) is 0 Å². The molecule has 2 fully saturated rings. The zero-order valence-electron chi connectivity index (χ0n) is 6.87. The first-order chi connectivity index (χ1) is 5.63. The lowest BCUT2D eigenvalue weighted by molar-refractivity contribution is -0.135.